The van der Waals surface area contributed by atoms with E-state index in [1.807, 2.05) is 6.92 Å². The van der Waals surface area contributed by atoms with E-state index < -0.39 is 23.7 Å². The summed E-state index contributed by atoms with van der Waals surface area (Å²) in [6.45, 7) is 2.39. The second-order valence-corrected chi connectivity index (χ2v) is 6.21. The zero-order valence-electron chi connectivity index (χ0n) is 14.2. The SMILES string of the molecule is C[C@H]1CCN1c1nc(-c2cc(F)cc(/C=C/C(=O)O)c2)cc(C(F)(F)F)n1. The van der Waals surface area contributed by atoms with Gasteiger partial charge in [0.05, 0.1) is 5.69 Å². The molecular formula is C18H15F4N3O2. The summed E-state index contributed by atoms with van der Waals surface area (Å²) in [4.78, 5) is 20.1. The van der Waals surface area contributed by atoms with Crippen LogP contribution in [0.4, 0.5) is 23.5 Å². The molecule has 3 rings (SSSR count). The molecule has 0 spiro atoms. The number of halogens is 4. The predicted molar refractivity (Wildman–Crippen MR) is 90.5 cm³/mol. The highest BCUT2D eigenvalue weighted by atomic mass is 19.4. The molecule has 0 radical (unpaired) electrons. The standard InChI is InChI=1S/C18H15F4N3O2/c1-10-4-5-25(10)17-23-14(9-15(24-17)18(20,21)22)12-6-11(2-3-16(26)27)7-13(19)8-12/h2-3,6-10H,4-5H2,1H3,(H,26,27)/b3-2+/t10-/m0/s1. The minimum absolute atomic E-state index is 0.0166. The third-order valence-electron chi connectivity index (χ3n) is 4.22. The summed E-state index contributed by atoms with van der Waals surface area (Å²) in [6.07, 6.45) is -1.90. The molecule has 5 nitrogen and oxygen atoms in total. The fourth-order valence-corrected chi connectivity index (χ4v) is 2.69. The molecule has 27 heavy (non-hydrogen) atoms. The lowest BCUT2D eigenvalue weighted by atomic mass is 10.1. The molecule has 0 aliphatic carbocycles. The van der Waals surface area contributed by atoms with Gasteiger partial charge in [-0.05, 0) is 49.2 Å². The van der Waals surface area contributed by atoms with Crippen molar-refractivity contribution in [1.29, 1.82) is 0 Å². The lowest BCUT2D eigenvalue weighted by Crippen LogP contribution is -2.46. The van der Waals surface area contributed by atoms with E-state index in [2.05, 4.69) is 9.97 Å². The summed E-state index contributed by atoms with van der Waals surface area (Å²) in [5.41, 5.74) is -0.912. The molecule has 1 aromatic heterocycles. The number of carboxylic acids is 1. The second-order valence-electron chi connectivity index (χ2n) is 6.21. The summed E-state index contributed by atoms with van der Waals surface area (Å²) in [5.74, 6) is -2.01. The van der Waals surface area contributed by atoms with Gasteiger partial charge in [0.2, 0.25) is 5.95 Å². The van der Waals surface area contributed by atoms with Crippen LogP contribution in [0.5, 0.6) is 0 Å². The number of rotatable bonds is 4. The summed E-state index contributed by atoms with van der Waals surface area (Å²) >= 11 is 0. The molecule has 1 aliphatic rings. The highest BCUT2D eigenvalue weighted by molar-refractivity contribution is 5.85. The number of carboxylic acid groups (broad SMARTS) is 1. The number of benzene rings is 1. The first-order chi connectivity index (χ1) is 12.6. The third-order valence-corrected chi connectivity index (χ3v) is 4.22. The highest BCUT2D eigenvalue weighted by Crippen LogP contribution is 2.34. The summed E-state index contributed by atoms with van der Waals surface area (Å²) in [5, 5.41) is 8.68. The summed E-state index contributed by atoms with van der Waals surface area (Å²) in [7, 11) is 0. The van der Waals surface area contributed by atoms with Gasteiger partial charge in [0.25, 0.3) is 0 Å². The van der Waals surface area contributed by atoms with Crippen LogP contribution in [0.15, 0.2) is 30.3 Å². The van der Waals surface area contributed by atoms with Crippen LogP contribution >= 0.6 is 0 Å². The number of hydrogen-bond acceptors (Lipinski definition) is 4. The first kappa shape index (κ1) is 18.8. The molecule has 0 amide bonds. The van der Waals surface area contributed by atoms with Gasteiger partial charge in [-0.3, -0.25) is 0 Å². The fraction of sp³-hybridized carbons (Fsp3) is 0.278. The van der Waals surface area contributed by atoms with Crippen molar-refractivity contribution in [1.82, 2.24) is 9.97 Å². The van der Waals surface area contributed by atoms with Crippen LogP contribution in [-0.2, 0) is 11.0 Å². The van der Waals surface area contributed by atoms with Crippen LogP contribution < -0.4 is 4.90 Å². The molecule has 2 aromatic rings. The average Bonchev–Trinajstić information content (AvgIpc) is 2.57. The van der Waals surface area contributed by atoms with E-state index >= 15 is 0 Å². The molecule has 2 heterocycles. The van der Waals surface area contributed by atoms with E-state index in [0.717, 1.165) is 36.8 Å². The van der Waals surface area contributed by atoms with Crippen molar-refractivity contribution < 1.29 is 27.5 Å². The Labute approximate surface area is 152 Å². The minimum atomic E-state index is -4.68. The Morgan fingerprint density at radius 3 is 2.56 bits per heavy atom. The van der Waals surface area contributed by atoms with Crippen LogP contribution in [0.25, 0.3) is 17.3 Å². The second kappa shape index (κ2) is 6.98. The van der Waals surface area contributed by atoms with E-state index in [9.17, 15) is 22.4 Å². The Kier molecular flexibility index (Phi) is 4.86. The minimum Gasteiger partial charge on any atom is -0.478 e. The average molecular weight is 381 g/mol. The van der Waals surface area contributed by atoms with Crippen molar-refractivity contribution >= 4 is 18.0 Å². The molecule has 1 fully saturated rings. The van der Waals surface area contributed by atoms with Crippen molar-refractivity contribution in [2.75, 3.05) is 11.4 Å². The van der Waals surface area contributed by atoms with Crippen LogP contribution in [0.3, 0.4) is 0 Å². The molecule has 1 atom stereocenters. The quantitative estimate of drug-likeness (QED) is 0.641. The molecular weight excluding hydrogens is 366 g/mol. The lowest BCUT2D eigenvalue weighted by Gasteiger charge is -2.39. The number of aliphatic carboxylic acids is 1. The lowest BCUT2D eigenvalue weighted by molar-refractivity contribution is -0.141. The van der Waals surface area contributed by atoms with Gasteiger partial charge < -0.3 is 10.0 Å². The highest BCUT2D eigenvalue weighted by Gasteiger charge is 2.36. The van der Waals surface area contributed by atoms with Crippen LogP contribution in [0.1, 0.15) is 24.6 Å². The number of aromatic nitrogens is 2. The Balaban J connectivity index is 2.10. The van der Waals surface area contributed by atoms with E-state index in [-0.39, 0.29) is 28.8 Å². The zero-order chi connectivity index (χ0) is 19.8. The van der Waals surface area contributed by atoms with Crippen LogP contribution in [0, 0.1) is 5.82 Å². The number of anilines is 1. The first-order valence-electron chi connectivity index (χ1n) is 8.08. The van der Waals surface area contributed by atoms with Crippen LogP contribution in [0.2, 0.25) is 0 Å². The molecule has 142 valence electrons. The zero-order valence-corrected chi connectivity index (χ0v) is 14.2. The number of carbonyl (C=O) groups is 1. The van der Waals surface area contributed by atoms with Gasteiger partial charge in [0.1, 0.15) is 5.82 Å². The van der Waals surface area contributed by atoms with Gasteiger partial charge in [-0.15, -0.1) is 0 Å². The van der Waals surface area contributed by atoms with Crippen LogP contribution in [-0.4, -0.2) is 33.6 Å². The summed E-state index contributed by atoms with van der Waals surface area (Å²) in [6, 6.07) is 4.27. The van der Waals surface area contributed by atoms with Crippen molar-refractivity contribution in [3.8, 4) is 11.3 Å². The predicted octanol–water partition coefficient (Wildman–Crippen LogP) is 4.00. The third kappa shape index (κ3) is 4.24. The van der Waals surface area contributed by atoms with E-state index in [1.54, 1.807) is 4.90 Å². The number of alkyl halides is 3. The van der Waals surface area contributed by atoms with E-state index in [4.69, 9.17) is 5.11 Å². The maximum Gasteiger partial charge on any atom is 0.433 e. The maximum absolute atomic E-state index is 13.9. The smallest absolute Gasteiger partial charge is 0.433 e. The molecule has 0 bridgehead atoms. The molecule has 0 unspecified atom stereocenters. The number of nitrogens with zero attached hydrogens (tertiary/aromatic N) is 3. The molecule has 1 saturated heterocycles. The van der Waals surface area contributed by atoms with Gasteiger partial charge in [-0.1, -0.05) is 0 Å². The Hall–Kier alpha value is -2.97. The van der Waals surface area contributed by atoms with Crippen molar-refractivity contribution in [3.63, 3.8) is 0 Å². The fourth-order valence-electron chi connectivity index (χ4n) is 2.69. The molecule has 1 N–H and O–H groups in total. The Morgan fingerprint density at radius 2 is 2.00 bits per heavy atom. The van der Waals surface area contributed by atoms with Crippen molar-refractivity contribution in [3.05, 3.63) is 47.4 Å². The molecule has 1 aromatic carbocycles. The number of hydrogen-bond donors (Lipinski definition) is 1. The van der Waals surface area contributed by atoms with E-state index in [0.29, 0.717) is 6.54 Å². The Morgan fingerprint density at radius 1 is 1.26 bits per heavy atom. The van der Waals surface area contributed by atoms with Crippen molar-refractivity contribution in [2.45, 2.75) is 25.6 Å². The Bertz CT molecular complexity index is 912. The van der Waals surface area contributed by atoms with Crippen molar-refractivity contribution in [2.24, 2.45) is 0 Å². The summed E-state index contributed by atoms with van der Waals surface area (Å²) < 4.78 is 53.7. The van der Waals surface area contributed by atoms with Gasteiger partial charge in [0.15, 0.2) is 5.69 Å². The molecule has 1 aliphatic heterocycles. The maximum atomic E-state index is 13.9. The topological polar surface area (TPSA) is 66.3 Å². The van der Waals surface area contributed by atoms with Gasteiger partial charge in [-0.25, -0.2) is 19.2 Å². The monoisotopic (exact) mass is 381 g/mol. The largest absolute Gasteiger partial charge is 0.478 e. The first-order valence-corrected chi connectivity index (χ1v) is 8.08. The van der Waals surface area contributed by atoms with E-state index in [1.165, 1.54) is 6.07 Å². The molecule has 0 saturated carbocycles. The molecule has 9 heteroatoms. The van der Waals surface area contributed by atoms with Gasteiger partial charge in [0, 0.05) is 24.2 Å². The van der Waals surface area contributed by atoms with Gasteiger partial charge in [-0.2, -0.15) is 13.2 Å². The normalized spacial score (nSPS) is 17.2. The van der Waals surface area contributed by atoms with Gasteiger partial charge >= 0.3 is 12.1 Å².